The highest BCUT2D eigenvalue weighted by Crippen LogP contribution is 2.23. The first-order chi connectivity index (χ1) is 15.4. The summed E-state index contributed by atoms with van der Waals surface area (Å²) in [7, 11) is -7.48. The first-order valence-electron chi connectivity index (χ1n) is 9.90. The minimum Gasteiger partial charge on any atom is -0.379 e. The van der Waals surface area contributed by atoms with Crippen molar-refractivity contribution >= 4 is 31.7 Å². The fourth-order valence-corrected chi connectivity index (χ4v) is 4.91. The van der Waals surface area contributed by atoms with Crippen molar-refractivity contribution in [3.63, 3.8) is 0 Å². The Morgan fingerprint density at radius 1 is 0.909 bits per heavy atom. The number of carbonyl (C=O) groups excluding carboxylic acids is 1. The standard InChI is InChI=1S/C23H24N2O6S2/c1-16-8-9-17(2)22(14-16)33(29,30)31-20-12-10-18(11-13-20)23(26)24-15-19-6-4-5-7-21(19)25-32(3,27)28/h4-14,25H,15H2,1-3H3,(H,24,26). The molecule has 0 aliphatic carbocycles. The summed E-state index contributed by atoms with van der Waals surface area (Å²) in [5, 5.41) is 2.72. The van der Waals surface area contributed by atoms with E-state index in [0.717, 1.165) is 11.8 Å². The highest BCUT2D eigenvalue weighted by Gasteiger charge is 2.20. The zero-order valence-electron chi connectivity index (χ0n) is 18.3. The van der Waals surface area contributed by atoms with Crippen LogP contribution in [-0.4, -0.2) is 29.0 Å². The van der Waals surface area contributed by atoms with E-state index in [-0.39, 0.29) is 17.2 Å². The first-order valence-corrected chi connectivity index (χ1v) is 13.2. The monoisotopic (exact) mass is 488 g/mol. The summed E-state index contributed by atoms with van der Waals surface area (Å²) < 4.78 is 55.9. The van der Waals surface area contributed by atoms with E-state index >= 15 is 0 Å². The van der Waals surface area contributed by atoms with Crippen LogP contribution in [0.25, 0.3) is 0 Å². The maximum Gasteiger partial charge on any atom is 0.339 e. The van der Waals surface area contributed by atoms with E-state index in [1.54, 1.807) is 50.2 Å². The minimum absolute atomic E-state index is 0.0788. The number of amides is 1. The molecule has 8 nitrogen and oxygen atoms in total. The second-order valence-electron chi connectivity index (χ2n) is 7.54. The fraction of sp³-hybridized carbons (Fsp3) is 0.174. The van der Waals surface area contributed by atoms with Crippen molar-refractivity contribution in [2.45, 2.75) is 25.3 Å². The number of nitrogens with one attached hydrogen (secondary N) is 2. The van der Waals surface area contributed by atoms with Crippen molar-refractivity contribution in [1.29, 1.82) is 0 Å². The summed E-state index contributed by atoms with van der Waals surface area (Å²) in [5.41, 5.74) is 2.63. The molecule has 2 N–H and O–H groups in total. The molecule has 1 amide bonds. The van der Waals surface area contributed by atoms with Gasteiger partial charge >= 0.3 is 10.1 Å². The Morgan fingerprint density at radius 2 is 1.58 bits per heavy atom. The number of rotatable bonds is 8. The Hall–Kier alpha value is -3.37. The smallest absolute Gasteiger partial charge is 0.339 e. The van der Waals surface area contributed by atoms with Crippen molar-refractivity contribution in [3.05, 3.63) is 89.0 Å². The average Bonchev–Trinajstić information content (AvgIpc) is 2.73. The van der Waals surface area contributed by atoms with Crippen LogP contribution in [0, 0.1) is 13.8 Å². The normalized spacial score (nSPS) is 11.6. The zero-order chi connectivity index (χ0) is 24.2. The molecule has 0 aliphatic rings. The molecule has 0 atom stereocenters. The number of anilines is 1. The van der Waals surface area contributed by atoms with Gasteiger partial charge < -0.3 is 9.50 Å². The molecule has 0 saturated heterocycles. The quantitative estimate of drug-likeness (QED) is 0.469. The number of para-hydroxylation sites is 1. The largest absolute Gasteiger partial charge is 0.379 e. The maximum absolute atomic E-state index is 12.6. The van der Waals surface area contributed by atoms with Gasteiger partial charge in [-0.05, 0) is 66.9 Å². The number of hydrogen-bond donors (Lipinski definition) is 2. The topological polar surface area (TPSA) is 119 Å². The summed E-state index contributed by atoms with van der Waals surface area (Å²) in [6.07, 6.45) is 1.05. The SMILES string of the molecule is Cc1ccc(C)c(S(=O)(=O)Oc2ccc(C(=O)NCc3ccccc3NS(C)(=O)=O)cc2)c1. The van der Waals surface area contributed by atoms with Crippen LogP contribution < -0.4 is 14.2 Å². The lowest BCUT2D eigenvalue weighted by Gasteiger charge is -2.12. The van der Waals surface area contributed by atoms with E-state index < -0.39 is 26.0 Å². The molecule has 174 valence electrons. The van der Waals surface area contributed by atoms with Crippen LogP contribution in [-0.2, 0) is 26.7 Å². The van der Waals surface area contributed by atoms with E-state index in [9.17, 15) is 21.6 Å². The van der Waals surface area contributed by atoms with Crippen LogP contribution in [0.15, 0.2) is 71.6 Å². The van der Waals surface area contributed by atoms with Gasteiger partial charge in [0.15, 0.2) is 0 Å². The highest BCUT2D eigenvalue weighted by molar-refractivity contribution is 7.92. The predicted octanol–water partition coefficient (Wildman–Crippen LogP) is 3.37. The summed E-state index contributed by atoms with van der Waals surface area (Å²) in [6, 6.07) is 17.5. The molecule has 33 heavy (non-hydrogen) atoms. The van der Waals surface area contributed by atoms with Crippen LogP contribution in [0.5, 0.6) is 5.75 Å². The van der Waals surface area contributed by atoms with Gasteiger partial charge in [-0.1, -0.05) is 30.3 Å². The van der Waals surface area contributed by atoms with E-state index in [0.29, 0.717) is 22.4 Å². The molecule has 0 unspecified atom stereocenters. The zero-order valence-corrected chi connectivity index (χ0v) is 20.0. The van der Waals surface area contributed by atoms with Gasteiger partial charge in [-0.25, -0.2) is 8.42 Å². The van der Waals surface area contributed by atoms with Crippen molar-refractivity contribution in [1.82, 2.24) is 5.32 Å². The van der Waals surface area contributed by atoms with Gasteiger partial charge in [0, 0.05) is 12.1 Å². The Kier molecular flexibility index (Phi) is 7.09. The molecule has 0 aliphatic heterocycles. The second-order valence-corrected chi connectivity index (χ2v) is 10.8. The Morgan fingerprint density at radius 3 is 2.24 bits per heavy atom. The van der Waals surface area contributed by atoms with Crippen molar-refractivity contribution in [3.8, 4) is 5.75 Å². The summed E-state index contributed by atoms with van der Waals surface area (Å²) >= 11 is 0. The Bertz CT molecular complexity index is 1380. The van der Waals surface area contributed by atoms with Gasteiger partial charge in [-0.15, -0.1) is 0 Å². The van der Waals surface area contributed by atoms with Crippen molar-refractivity contribution < 1.29 is 25.8 Å². The van der Waals surface area contributed by atoms with Gasteiger partial charge in [-0.2, -0.15) is 8.42 Å². The number of benzene rings is 3. The maximum atomic E-state index is 12.6. The van der Waals surface area contributed by atoms with Crippen LogP contribution >= 0.6 is 0 Å². The van der Waals surface area contributed by atoms with E-state index in [1.807, 2.05) is 6.07 Å². The third-order valence-corrected chi connectivity index (χ3v) is 6.67. The van der Waals surface area contributed by atoms with Crippen LogP contribution in [0.1, 0.15) is 27.0 Å². The van der Waals surface area contributed by atoms with Crippen LogP contribution in [0.4, 0.5) is 5.69 Å². The molecule has 3 rings (SSSR count). The number of hydrogen-bond acceptors (Lipinski definition) is 6. The van der Waals surface area contributed by atoms with Gasteiger partial charge in [-0.3, -0.25) is 9.52 Å². The molecule has 3 aromatic rings. The van der Waals surface area contributed by atoms with E-state index in [2.05, 4.69) is 10.0 Å². The molecule has 0 bridgehead atoms. The lowest BCUT2D eigenvalue weighted by molar-refractivity contribution is 0.0951. The first kappa shape index (κ1) is 24.3. The lowest BCUT2D eigenvalue weighted by atomic mass is 10.1. The fourth-order valence-electron chi connectivity index (χ4n) is 3.06. The van der Waals surface area contributed by atoms with E-state index in [4.69, 9.17) is 4.18 Å². The number of sulfonamides is 1. The third kappa shape index (κ3) is 6.56. The molecule has 0 fully saturated rings. The van der Waals surface area contributed by atoms with Gasteiger partial charge in [0.05, 0.1) is 11.9 Å². The molecule has 0 radical (unpaired) electrons. The van der Waals surface area contributed by atoms with Gasteiger partial charge in [0.25, 0.3) is 5.91 Å². The average molecular weight is 489 g/mol. The Balaban J connectivity index is 1.68. The Labute approximate surface area is 193 Å². The van der Waals surface area contributed by atoms with Crippen molar-refractivity contribution in [2.75, 3.05) is 11.0 Å². The third-order valence-electron chi connectivity index (χ3n) is 4.69. The van der Waals surface area contributed by atoms with Crippen LogP contribution in [0.3, 0.4) is 0 Å². The van der Waals surface area contributed by atoms with Gasteiger partial charge in [0.1, 0.15) is 10.6 Å². The summed E-state index contributed by atoms with van der Waals surface area (Å²) in [4.78, 5) is 12.6. The summed E-state index contributed by atoms with van der Waals surface area (Å²) in [6.45, 7) is 3.57. The number of aryl methyl sites for hydroxylation is 2. The van der Waals surface area contributed by atoms with Crippen LogP contribution in [0.2, 0.25) is 0 Å². The lowest BCUT2D eigenvalue weighted by Crippen LogP contribution is -2.23. The number of carbonyl (C=O) groups is 1. The molecule has 0 spiro atoms. The molecule has 0 heterocycles. The second kappa shape index (κ2) is 9.63. The molecular weight excluding hydrogens is 464 g/mol. The molecular formula is C23H24N2O6S2. The van der Waals surface area contributed by atoms with Gasteiger partial charge in [0.2, 0.25) is 10.0 Å². The molecule has 10 heteroatoms. The minimum atomic E-state index is -4.02. The molecule has 0 aromatic heterocycles. The summed E-state index contributed by atoms with van der Waals surface area (Å²) in [5.74, 6) is -0.330. The van der Waals surface area contributed by atoms with E-state index in [1.165, 1.54) is 24.3 Å². The van der Waals surface area contributed by atoms with Crippen molar-refractivity contribution in [2.24, 2.45) is 0 Å². The molecule has 3 aromatic carbocycles. The molecule has 0 saturated carbocycles. The highest BCUT2D eigenvalue weighted by atomic mass is 32.2. The predicted molar refractivity (Wildman–Crippen MR) is 126 cm³/mol.